The van der Waals surface area contributed by atoms with Crippen LogP contribution >= 0.6 is 84.9 Å². The maximum absolute atomic E-state index is 4.48. The fraction of sp³-hybridized carbons (Fsp3) is 1.00. The van der Waals surface area contributed by atoms with Crippen LogP contribution in [0.15, 0.2) is 0 Å². The van der Waals surface area contributed by atoms with Gasteiger partial charge in [0.1, 0.15) is 0 Å². The zero-order valence-electron chi connectivity index (χ0n) is 10.8. The molecule has 2 atom stereocenters. The van der Waals surface area contributed by atoms with Crippen molar-refractivity contribution >= 4 is 84.9 Å². The molecule has 0 aromatic carbocycles. The van der Waals surface area contributed by atoms with Gasteiger partial charge in [-0.05, 0) is 12.0 Å². The van der Waals surface area contributed by atoms with Gasteiger partial charge in [-0.2, -0.15) is 84.9 Å². The Labute approximate surface area is 146 Å². The van der Waals surface area contributed by atoms with E-state index in [0.29, 0.717) is 10.5 Å². The number of thioether (sulfide) groups is 4. The Morgan fingerprint density at radius 1 is 0.833 bits per heavy atom. The third kappa shape index (κ3) is 12.2. The van der Waals surface area contributed by atoms with Crippen molar-refractivity contribution in [1.29, 1.82) is 0 Å². The first-order chi connectivity index (χ1) is 8.78. The van der Waals surface area contributed by atoms with E-state index in [0.717, 1.165) is 23.0 Å². The molecule has 0 fully saturated rings. The molecule has 18 heavy (non-hydrogen) atoms. The van der Waals surface area contributed by atoms with E-state index in [-0.39, 0.29) is 0 Å². The van der Waals surface area contributed by atoms with Crippen LogP contribution in [0.5, 0.6) is 0 Å². The fourth-order valence-corrected chi connectivity index (χ4v) is 6.97. The van der Waals surface area contributed by atoms with E-state index in [1.165, 1.54) is 23.0 Å². The van der Waals surface area contributed by atoms with Gasteiger partial charge in [0.25, 0.3) is 0 Å². The Bertz CT molecular complexity index is 167. The third-order valence-corrected chi connectivity index (χ3v) is 8.96. The predicted octanol–water partition coefficient (Wildman–Crippen LogP) is 4.08. The third-order valence-electron chi connectivity index (χ3n) is 2.07. The monoisotopic (exact) mass is 380 g/mol. The van der Waals surface area contributed by atoms with Gasteiger partial charge in [0.15, 0.2) is 0 Å². The summed E-state index contributed by atoms with van der Waals surface area (Å²) in [5.74, 6) is 8.96. The summed E-state index contributed by atoms with van der Waals surface area (Å²) in [6, 6.07) is 0. The normalized spacial score (nSPS) is 14.7. The van der Waals surface area contributed by atoms with Crippen molar-refractivity contribution in [1.82, 2.24) is 0 Å². The van der Waals surface area contributed by atoms with E-state index < -0.39 is 0 Å². The first kappa shape index (κ1) is 20.5. The summed E-state index contributed by atoms with van der Waals surface area (Å²) in [4.78, 5) is 0. The first-order valence-corrected chi connectivity index (χ1v) is 12.4. The molecule has 0 aromatic heterocycles. The molecule has 0 aliphatic rings. The molecule has 0 N–H and O–H groups in total. The van der Waals surface area contributed by atoms with Crippen LogP contribution in [0.2, 0.25) is 0 Å². The Kier molecular flexibility index (Phi) is 18.0. The van der Waals surface area contributed by atoms with Gasteiger partial charge in [-0.1, -0.05) is 0 Å². The number of thiol groups is 3. The fourth-order valence-electron chi connectivity index (χ4n) is 1.18. The largest absolute Gasteiger partial charge is 0.179 e. The van der Waals surface area contributed by atoms with Gasteiger partial charge < -0.3 is 0 Å². The Morgan fingerprint density at radius 3 is 1.83 bits per heavy atom. The van der Waals surface area contributed by atoms with Crippen molar-refractivity contribution in [3.8, 4) is 0 Å². The average Bonchev–Trinajstić information content (AvgIpc) is 2.40. The van der Waals surface area contributed by atoms with E-state index in [2.05, 4.69) is 67.7 Å². The second kappa shape index (κ2) is 15.8. The lowest BCUT2D eigenvalue weighted by Crippen LogP contribution is -2.19. The van der Waals surface area contributed by atoms with Crippen molar-refractivity contribution in [3.63, 3.8) is 0 Å². The summed E-state index contributed by atoms with van der Waals surface area (Å²) < 4.78 is 0. The lowest BCUT2D eigenvalue weighted by atomic mass is 10.5. The summed E-state index contributed by atoms with van der Waals surface area (Å²) in [6.45, 7) is 0. The average molecular weight is 381 g/mol. The van der Waals surface area contributed by atoms with Crippen molar-refractivity contribution in [2.24, 2.45) is 0 Å². The zero-order chi connectivity index (χ0) is 13.6. The molecule has 0 bridgehead atoms. The van der Waals surface area contributed by atoms with Crippen LogP contribution in [0, 0.1) is 0 Å². The number of hydrogen-bond acceptors (Lipinski definition) is 7. The Hall–Kier alpha value is 2.45. The minimum Gasteiger partial charge on any atom is -0.179 e. The van der Waals surface area contributed by atoms with Crippen LogP contribution in [0.25, 0.3) is 0 Å². The van der Waals surface area contributed by atoms with Gasteiger partial charge in [0.05, 0.1) is 0 Å². The molecular weight excluding hydrogens is 357 g/mol. The number of rotatable bonds is 13. The van der Waals surface area contributed by atoms with Gasteiger partial charge in [0.2, 0.25) is 0 Å². The highest BCUT2D eigenvalue weighted by atomic mass is 32.2. The quantitative estimate of drug-likeness (QED) is 0.325. The van der Waals surface area contributed by atoms with Crippen molar-refractivity contribution < 1.29 is 0 Å². The van der Waals surface area contributed by atoms with Gasteiger partial charge in [-0.15, -0.1) is 0 Å². The lowest BCUT2D eigenvalue weighted by Gasteiger charge is -2.20. The number of hydrogen-bond donors (Lipinski definition) is 3. The van der Waals surface area contributed by atoms with Crippen LogP contribution in [-0.4, -0.2) is 62.8 Å². The van der Waals surface area contributed by atoms with Gasteiger partial charge in [0, 0.05) is 50.8 Å². The molecule has 0 nitrogen and oxygen atoms in total. The molecular formula is C11H24S7. The van der Waals surface area contributed by atoms with E-state index in [9.17, 15) is 0 Å². The SMILES string of the molecule is CSCCSCC(CS)SC(CS)CSCCS. The van der Waals surface area contributed by atoms with E-state index in [4.69, 9.17) is 0 Å². The van der Waals surface area contributed by atoms with E-state index >= 15 is 0 Å². The summed E-state index contributed by atoms with van der Waals surface area (Å²) in [6.07, 6.45) is 2.17. The Morgan fingerprint density at radius 2 is 1.39 bits per heavy atom. The van der Waals surface area contributed by atoms with Crippen molar-refractivity contribution in [3.05, 3.63) is 0 Å². The van der Waals surface area contributed by atoms with Crippen LogP contribution in [-0.2, 0) is 0 Å². The molecule has 0 heterocycles. The maximum atomic E-state index is 4.48. The lowest BCUT2D eigenvalue weighted by molar-refractivity contribution is 1.09. The highest BCUT2D eigenvalue weighted by Gasteiger charge is 2.15. The molecule has 7 heteroatoms. The summed E-state index contributed by atoms with van der Waals surface area (Å²) >= 11 is 21.2. The Balaban J connectivity index is 3.76. The topological polar surface area (TPSA) is 0 Å². The highest BCUT2D eigenvalue weighted by Crippen LogP contribution is 2.26. The van der Waals surface area contributed by atoms with Gasteiger partial charge in [-0.3, -0.25) is 0 Å². The summed E-state index contributed by atoms with van der Waals surface area (Å²) in [5.41, 5.74) is 0. The molecule has 0 saturated carbocycles. The summed E-state index contributed by atoms with van der Waals surface area (Å²) in [7, 11) is 0. The molecule has 0 radical (unpaired) electrons. The smallest absolute Gasteiger partial charge is 0.0229 e. The molecule has 0 saturated heterocycles. The van der Waals surface area contributed by atoms with Crippen molar-refractivity contribution in [2.45, 2.75) is 10.5 Å². The second-order valence-electron chi connectivity index (χ2n) is 3.61. The standard InChI is InChI=1S/C11H24S7/c1-15-4-5-17-9-11(7-14)18-10(6-13)8-16-3-2-12/h10-14H,2-9H2,1H3. The van der Waals surface area contributed by atoms with Gasteiger partial charge in [-0.25, -0.2) is 0 Å². The molecule has 110 valence electrons. The maximum Gasteiger partial charge on any atom is 0.0229 e. The summed E-state index contributed by atoms with van der Waals surface area (Å²) in [5, 5.41) is 1.31. The van der Waals surface area contributed by atoms with E-state index in [1.54, 1.807) is 0 Å². The second-order valence-corrected chi connectivity index (χ2v) is 9.68. The molecule has 0 aliphatic heterocycles. The molecule has 2 unspecified atom stereocenters. The molecule has 0 amide bonds. The molecule has 0 rings (SSSR count). The predicted molar refractivity (Wildman–Crippen MR) is 110 cm³/mol. The molecule has 0 aliphatic carbocycles. The van der Waals surface area contributed by atoms with Crippen LogP contribution in [0.4, 0.5) is 0 Å². The zero-order valence-corrected chi connectivity index (χ0v) is 16.7. The van der Waals surface area contributed by atoms with Crippen LogP contribution in [0.3, 0.4) is 0 Å². The van der Waals surface area contributed by atoms with Gasteiger partial charge >= 0.3 is 0 Å². The minimum absolute atomic E-state index is 0.650. The molecule has 0 spiro atoms. The van der Waals surface area contributed by atoms with Crippen LogP contribution < -0.4 is 0 Å². The van der Waals surface area contributed by atoms with E-state index in [1.807, 2.05) is 23.5 Å². The highest BCUT2D eigenvalue weighted by molar-refractivity contribution is 8.06. The van der Waals surface area contributed by atoms with Crippen molar-refractivity contribution in [2.75, 3.05) is 52.3 Å². The minimum atomic E-state index is 0.650. The molecule has 0 aromatic rings. The first-order valence-electron chi connectivity index (χ1n) is 5.90. The van der Waals surface area contributed by atoms with Crippen LogP contribution in [0.1, 0.15) is 0 Å².